The Bertz CT molecular complexity index is 1180. The summed E-state index contributed by atoms with van der Waals surface area (Å²) >= 11 is 0. The molecule has 3 aromatic rings. The van der Waals surface area contributed by atoms with Gasteiger partial charge in [-0.2, -0.15) is 13.2 Å². The molecule has 2 heterocycles. The number of fused-ring (bicyclic) bond motifs is 1. The maximum Gasteiger partial charge on any atom is 0.418 e. The molecule has 1 unspecified atom stereocenters. The normalized spacial score (nSPS) is 16.0. The summed E-state index contributed by atoms with van der Waals surface area (Å²) in [4.78, 5) is 3.76. The summed E-state index contributed by atoms with van der Waals surface area (Å²) in [5.41, 5.74) is 0.457. The fourth-order valence-corrected chi connectivity index (χ4v) is 4.83. The van der Waals surface area contributed by atoms with Crippen LogP contribution in [0.15, 0.2) is 36.7 Å². The molecule has 4 rings (SSSR count). The van der Waals surface area contributed by atoms with E-state index in [4.69, 9.17) is 0 Å². The Balaban J connectivity index is 1.79. The molecule has 0 saturated heterocycles. The maximum atomic E-state index is 13.5. The van der Waals surface area contributed by atoms with Gasteiger partial charge < -0.3 is 4.57 Å². The predicted molar refractivity (Wildman–Crippen MR) is 118 cm³/mol. The average molecular weight is 468 g/mol. The number of halogens is 4. The summed E-state index contributed by atoms with van der Waals surface area (Å²) < 4.78 is 71.4. The minimum atomic E-state index is -4.73. The van der Waals surface area contributed by atoms with Gasteiger partial charge in [0.1, 0.15) is 5.82 Å². The van der Waals surface area contributed by atoms with Crippen LogP contribution in [0.5, 0.6) is 0 Å². The highest BCUT2D eigenvalue weighted by atomic mass is 32.2. The minimum absolute atomic E-state index is 0.0747. The summed E-state index contributed by atoms with van der Waals surface area (Å²) in [7, 11) is -1.09. The second-order valence-corrected chi connectivity index (χ2v) is 11.0. The van der Waals surface area contributed by atoms with Crippen LogP contribution < -0.4 is 4.72 Å². The largest absolute Gasteiger partial charge is 0.418 e. The molecule has 0 bridgehead atoms. The Kier molecular flexibility index (Phi) is 5.92. The van der Waals surface area contributed by atoms with Crippen molar-refractivity contribution in [1.29, 1.82) is 0 Å². The van der Waals surface area contributed by atoms with Crippen molar-refractivity contribution < 1.29 is 21.8 Å². The molecule has 2 aromatic heterocycles. The lowest BCUT2D eigenvalue weighted by atomic mass is 9.97. The lowest BCUT2D eigenvalue weighted by Crippen LogP contribution is -2.19. The van der Waals surface area contributed by atoms with Gasteiger partial charge in [-0.1, -0.05) is 32.9 Å². The highest BCUT2D eigenvalue weighted by Crippen LogP contribution is 2.38. The summed E-state index contributed by atoms with van der Waals surface area (Å²) in [5, 5.41) is 1.07. The van der Waals surface area contributed by atoms with Crippen molar-refractivity contribution in [2.24, 2.45) is 5.41 Å². The molecular formula is C23H25F4N3OS. The minimum Gasteiger partial charge on any atom is -0.347 e. The van der Waals surface area contributed by atoms with E-state index in [0.29, 0.717) is 19.2 Å². The van der Waals surface area contributed by atoms with Crippen LogP contribution in [0.2, 0.25) is 0 Å². The Morgan fingerprint density at radius 3 is 2.53 bits per heavy atom. The lowest BCUT2D eigenvalue weighted by Gasteiger charge is -2.20. The van der Waals surface area contributed by atoms with Crippen LogP contribution in [0.4, 0.5) is 17.6 Å². The lowest BCUT2D eigenvalue weighted by molar-refractivity contribution is -0.137. The molecule has 0 radical (unpaired) electrons. The van der Waals surface area contributed by atoms with Gasteiger partial charge in [-0.05, 0) is 36.0 Å². The molecule has 1 saturated carbocycles. The molecule has 1 N–H and O–H groups in total. The molecule has 1 aromatic carbocycles. The number of hydrogen-bond donors (Lipinski definition) is 1. The molecule has 1 fully saturated rings. The third kappa shape index (κ3) is 5.04. The van der Waals surface area contributed by atoms with Crippen molar-refractivity contribution in [3.8, 4) is 11.3 Å². The van der Waals surface area contributed by atoms with Crippen molar-refractivity contribution in [2.45, 2.75) is 58.1 Å². The quantitative estimate of drug-likeness (QED) is 0.464. The zero-order valence-corrected chi connectivity index (χ0v) is 18.9. The summed E-state index contributed by atoms with van der Waals surface area (Å²) in [6.45, 7) is 7.27. The summed E-state index contributed by atoms with van der Waals surface area (Å²) in [5.74, 6) is -1.03. The monoisotopic (exact) mass is 467 g/mol. The van der Waals surface area contributed by atoms with Crippen LogP contribution in [-0.2, 0) is 30.3 Å². The van der Waals surface area contributed by atoms with Gasteiger partial charge >= 0.3 is 6.18 Å². The molecule has 4 nitrogen and oxygen atoms in total. The first-order valence-corrected chi connectivity index (χ1v) is 11.6. The van der Waals surface area contributed by atoms with Crippen molar-refractivity contribution in [2.75, 3.05) is 0 Å². The van der Waals surface area contributed by atoms with E-state index in [1.165, 1.54) is 0 Å². The van der Waals surface area contributed by atoms with Crippen LogP contribution in [0.1, 0.15) is 44.7 Å². The highest BCUT2D eigenvalue weighted by Gasteiger charge is 2.35. The van der Waals surface area contributed by atoms with Crippen molar-refractivity contribution in [1.82, 2.24) is 14.3 Å². The number of benzene rings is 1. The summed E-state index contributed by atoms with van der Waals surface area (Å²) in [6.07, 6.45) is -0.0538. The van der Waals surface area contributed by atoms with Gasteiger partial charge in [0, 0.05) is 41.0 Å². The molecule has 32 heavy (non-hydrogen) atoms. The first kappa shape index (κ1) is 22.9. The SMILES string of the molecule is CC(C)(C)Cn1cc(CNS(=O)C2CC2)c2ccc(-c3ncc(F)cc3C(F)(F)F)cc21. The second kappa shape index (κ2) is 8.26. The number of aromatic nitrogens is 2. The number of hydrogen-bond acceptors (Lipinski definition) is 2. The van der Waals surface area contributed by atoms with Gasteiger partial charge in [-0.25, -0.2) is 13.3 Å². The highest BCUT2D eigenvalue weighted by molar-refractivity contribution is 7.83. The summed E-state index contributed by atoms with van der Waals surface area (Å²) in [6, 6.07) is 5.47. The van der Waals surface area contributed by atoms with E-state index in [-0.39, 0.29) is 21.9 Å². The Labute approximate surface area is 186 Å². The van der Waals surface area contributed by atoms with E-state index in [2.05, 4.69) is 30.5 Å². The van der Waals surface area contributed by atoms with Gasteiger partial charge in [0.05, 0.1) is 28.4 Å². The van der Waals surface area contributed by atoms with Gasteiger partial charge in [0.2, 0.25) is 0 Å². The van der Waals surface area contributed by atoms with E-state index >= 15 is 0 Å². The fourth-order valence-electron chi connectivity index (χ4n) is 3.73. The van der Waals surface area contributed by atoms with E-state index in [1.54, 1.807) is 18.2 Å². The predicted octanol–water partition coefficient (Wildman–Crippen LogP) is 5.82. The molecule has 0 aliphatic heterocycles. The van der Waals surface area contributed by atoms with Crippen LogP contribution in [0, 0.1) is 11.2 Å². The zero-order chi connectivity index (χ0) is 23.3. The van der Waals surface area contributed by atoms with Gasteiger partial charge in [0.15, 0.2) is 0 Å². The first-order chi connectivity index (χ1) is 14.9. The zero-order valence-electron chi connectivity index (χ0n) is 18.1. The molecule has 1 aliphatic rings. The van der Waals surface area contributed by atoms with Crippen molar-refractivity contribution >= 4 is 21.9 Å². The van der Waals surface area contributed by atoms with Crippen molar-refractivity contribution in [3.05, 3.63) is 53.6 Å². The fraction of sp³-hybridized carbons (Fsp3) is 0.435. The maximum absolute atomic E-state index is 13.5. The van der Waals surface area contributed by atoms with Gasteiger partial charge in [-0.15, -0.1) is 0 Å². The van der Waals surface area contributed by atoms with Gasteiger partial charge in [-0.3, -0.25) is 4.98 Å². The molecule has 172 valence electrons. The number of nitrogens with one attached hydrogen (secondary N) is 1. The first-order valence-electron chi connectivity index (χ1n) is 10.4. The Morgan fingerprint density at radius 1 is 1.19 bits per heavy atom. The second-order valence-electron chi connectivity index (χ2n) is 9.44. The Hall–Kier alpha value is -2.26. The molecule has 9 heteroatoms. The molecule has 0 amide bonds. The molecule has 1 atom stereocenters. The third-order valence-corrected chi connectivity index (χ3v) is 6.78. The van der Waals surface area contributed by atoms with Crippen LogP contribution in [0.3, 0.4) is 0 Å². The number of rotatable bonds is 6. The third-order valence-electron chi connectivity index (χ3n) is 5.27. The molecule has 0 spiro atoms. The topological polar surface area (TPSA) is 46.9 Å². The van der Waals surface area contributed by atoms with E-state index in [9.17, 15) is 21.8 Å². The Morgan fingerprint density at radius 2 is 1.91 bits per heavy atom. The average Bonchev–Trinajstić information content (AvgIpc) is 3.49. The molecule has 1 aliphatic carbocycles. The van der Waals surface area contributed by atoms with Crippen LogP contribution in [-0.4, -0.2) is 19.0 Å². The standard InChI is InChI=1S/C23H25F4N3OS/c1-22(2,3)13-30-12-15(10-29-32(31)17-5-6-17)18-7-4-14(8-20(18)30)21-19(23(25,26)27)9-16(24)11-28-21/h4,7-9,11-12,17,29H,5-6,10,13H2,1-3H3. The van der Waals surface area contributed by atoms with Gasteiger partial charge in [0.25, 0.3) is 0 Å². The smallest absolute Gasteiger partial charge is 0.347 e. The number of alkyl halides is 3. The van der Waals surface area contributed by atoms with Crippen molar-refractivity contribution in [3.63, 3.8) is 0 Å². The van der Waals surface area contributed by atoms with Crippen LogP contribution >= 0.6 is 0 Å². The number of pyridine rings is 1. The van der Waals surface area contributed by atoms with E-state index < -0.39 is 28.5 Å². The van der Waals surface area contributed by atoms with E-state index in [0.717, 1.165) is 35.5 Å². The van der Waals surface area contributed by atoms with E-state index in [1.807, 2.05) is 10.8 Å². The molecular weight excluding hydrogens is 442 g/mol. The number of nitrogens with zero attached hydrogens (tertiary/aromatic N) is 2. The van der Waals surface area contributed by atoms with Crippen LogP contribution in [0.25, 0.3) is 22.2 Å².